The third-order valence-electron chi connectivity index (χ3n) is 4.21. The number of β-amino-alcohol motifs (C(OH)–C–C–N with tert-alkyl or cyclic N) is 1. The Kier molecular flexibility index (Phi) is 4.98. The van der Waals surface area contributed by atoms with E-state index in [0.717, 1.165) is 4.31 Å². The molecule has 0 aromatic heterocycles. The molecule has 1 aliphatic rings. The summed E-state index contributed by atoms with van der Waals surface area (Å²) in [7, 11) is -0.567. The Hall–Kier alpha value is -1.64. The number of hydrogen-bond acceptors (Lipinski definition) is 5. The first-order chi connectivity index (χ1) is 10.6. The maximum Gasteiger partial charge on any atom is 0.254 e. The minimum Gasteiger partial charge on any atom is -0.508 e. The van der Waals surface area contributed by atoms with Crippen molar-refractivity contribution in [3.8, 4) is 5.75 Å². The molecule has 2 N–H and O–H groups in total. The van der Waals surface area contributed by atoms with Gasteiger partial charge in [0.05, 0.1) is 11.9 Å². The second-order valence-corrected chi connectivity index (χ2v) is 8.28. The molecule has 0 saturated carbocycles. The Bertz CT molecular complexity index is 702. The number of aliphatic hydroxyl groups is 1. The van der Waals surface area contributed by atoms with Gasteiger partial charge in [-0.1, -0.05) is 6.07 Å². The predicted octanol–water partition coefficient (Wildman–Crippen LogP) is 0.0249. The Morgan fingerprint density at radius 1 is 1.35 bits per heavy atom. The highest BCUT2D eigenvalue weighted by Crippen LogP contribution is 2.25. The van der Waals surface area contributed by atoms with Gasteiger partial charge in [-0.05, 0) is 19.1 Å². The van der Waals surface area contributed by atoms with Crippen LogP contribution >= 0.6 is 0 Å². The van der Waals surface area contributed by atoms with Gasteiger partial charge in [-0.2, -0.15) is 0 Å². The van der Waals surface area contributed by atoms with Crippen LogP contribution in [0.3, 0.4) is 0 Å². The summed E-state index contributed by atoms with van der Waals surface area (Å²) in [5.74, 6) is -1.02. The Balaban J connectivity index is 2.15. The van der Waals surface area contributed by atoms with Gasteiger partial charge in [0, 0.05) is 44.2 Å². The molecule has 1 heterocycles. The quantitative estimate of drug-likeness (QED) is 0.804. The van der Waals surface area contributed by atoms with Crippen molar-refractivity contribution in [2.75, 3.05) is 32.9 Å². The maximum atomic E-state index is 12.6. The topological polar surface area (TPSA) is 98.2 Å². The van der Waals surface area contributed by atoms with Gasteiger partial charge in [0.25, 0.3) is 5.91 Å². The lowest BCUT2D eigenvalue weighted by atomic mass is 10.1. The zero-order chi connectivity index (χ0) is 17.4. The van der Waals surface area contributed by atoms with Crippen molar-refractivity contribution in [1.82, 2.24) is 9.21 Å². The van der Waals surface area contributed by atoms with Gasteiger partial charge in [0.1, 0.15) is 5.75 Å². The molecule has 1 fully saturated rings. The van der Waals surface area contributed by atoms with Crippen LogP contribution in [0.2, 0.25) is 0 Å². The van der Waals surface area contributed by atoms with E-state index in [1.54, 1.807) is 19.1 Å². The normalized spacial score (nSPS) is 21.9. The van der Waals surface area contributed by atoms with Gasteiger partial charge in [-0.3, -0.25) is 4.79 Å². The maximum absolute atomic E-state index is 12.6. The number of rotatable bonds is 4. The number of phenolic OH excluding ortho intramolecular Hbond substituents is 1. The number of aliphatic hydroxyl groups excluding tert-OH is 1. The van der Waals surface area contributed by atoms with E-state index in [1.165, 1.54) is 25.1 Å². The van der Waals surface area contributed by atoms with Gasteiger partial charge in [0.2, 0.25) is 10.0 Å². The number of hydrogen-bond donors (Lipinski definition) is 2. The molecule has 23 heavy (non-hydrogen) atoms. The number of carbonyl (C=O) groups is 1. The lowest BCUT2D eigenvalue weighted by Gasteiger charge is -2.19. The van der Waals surface area contributed by atoms with Crippen LogP contribution in [-0.2, 0) is 10.0 Å². The van der Waals surface area contributed by atoms with E-state index in [0.29, 0.717) is 11.1 Å². The third-order valence-corrected chi connectivity index (χ3v) is 6.17. The fourth-order valence-electron chi connectivity index (χ4n) is 2.63. The summed E-state index contributed by atoms with van der Waals surface area (Å²) in [6, 6.07) is 4.68. The number of phenols is 1. The first-order valence-electron chi connectivity index (χ1n) is 7.29. The Morgan fingerprint density at radius 2 is 2.00 bits per heavy atom. The van der Waals surface area contributed by atoms with Gasteiger partial charge in [-0.15, -0.1) is 0 Å². The van der Waals surface area contributed by atoms with E-state index in [4.69, 9.17) is 0 Å². The molecule has 0 bridgehead atoms. The van der Waals surface area contributed by atoms with Crippen LogP contribution < -0.4 is 0 Å². The molecular weight excluding hydrogens is 320 g/mol. The van der Waals surface area contributed by atoms with Crippen molar-refractivity contribution in [2.45, 2.75) is 13.0 Å². The lowest BCUT2D eigenvalue weighted by Crippen LogP contribution is -2.33. The zero-order valence-corrected chi connectivity index (χ0v) is 14.2. The van der Waals surface area contributed by atoms with Crippen LogP contribution in [0, 0.1) is 12.8 Å². The van der Waals surface area contributed by atoms with Gasteiger partial charge >= 0.3 is 0 Å². The van der Waals surface area contributed by atoms with E-state index in [9.17, 15) is 23.4 Å². The van der Waals surface area contributed by atoms with Crippen LogP contribution in [0.25, 0.3) is 0 Å². The van der Waals surface area contributed by atoms with Crippen molar-refractivity contribution in [3.05, 3.63) is 29.3 Å². The summed E-state index contributed by atoms with van der Waals surface area (Å²) in [6.07, 6.45) is -0.883. The third kappa shape index (κ3) is 3.65. The highest BCUT2D eigenvalue weighted by atomic mass is 32.2. The predicted molar refractivity (Wildman–Crippen MR) is 85.7 cm³/mol. The average Bonchev–Trinajstić information content (AvgIpc) is 2.81. The Morgan fingerprint density at radius 3 is 2.61 bits per heavy atom. The molecule has 128 valence electrons. The largest absolute Gasteiger partial charge is 0.508 e. The molecule has 2 atom stereocenters. The molecule has 1 aromatic rings. The molecule has 1 amide bonds. The molecule has 1 aliphatic heterocycles. The van der Waals surface area contributed by atoms with Crippen molar-refractivity contribution in [3.63, 3.8) is 0 Å². The highest BCUT2D eigenvalue weighted by Gasteiger charge is 2.37. The molecule has 8 heteroatoms. The van der Waals surface area contributed by atoms with E-state index in [2.05, 4.69) is 0 Å². The molecule has 1 aromatic carbocycles. The number of benzene rings is 1. The second kappa shape index (κ2) is 6.46. The number of amides is 1. The molecule has 2 rings (SSSR count). The average molecular weight is 342 g/mol. The smallest absolute Gasteiger partial charge is 0.254 e. The van der Waals surface area contributed by atoms with Crippen LogP contribution in [-0.4, -0.2) is 72.8 Å². The monoisotopic (exact) mass is 342 g/mol. The van der Waals surface area contributed by atoms with Gasteiger partial charge in [-0.25, -0.2) is 12.7 Å². The van der Waals surface area contributed by atoms with E-state index >= 15 is 0 Å². The van der Waals surface area contributed by atoms with Crippen LogP contribution in [0.1, 0.15) is 15.9 Å². The lowest BCUT2D eigenvalue weighted by molar-refractivity contribution is 0.0763. The number of likely N-dealkylation sites (tertiary alicyclic amines) is 1. The van der Waals surface area contributed by atoms with Crippen molar-refractivity contribution < 1.29 is 23.4 Å². The standard InChI is InChI=1S/C15H22N2O5S/c1-10-12(5-4-6-13(10)18)15(20)17-7-11(14(19)8-17)9-23(21,22)16(2)3/h4-6,11,14,18-19H,7-9H2,1-3H3/t11-,14+/m0/s1. The fraction of sp³-hybridized carbons (Fsp3) is 0.533. The van der Waals surface area contributed by atoms with E-state index < -0.39 is 22.0 Å². The molecule has 0 aliphatic carbocycles. The first kappa shape index (κ1) is 17.7. The van der Waals surface area contributed by atoms with Gasteiger partial charge < -0.3 is 15.1 Å². The van der Waals surface area contributed by atoms with Crippen LogP contribution in [0.15, 0.2) is 18.2 Å². The SMILES string of the molecule is Cc1c(O)cccc1C(=O)N1C[C@@H](CS(=O)(=O)N(C)C)[C@H](O)C1. The summed E-state index contributed by atoms with van der Waals surface area (Å²) in [5.41, 5.74) is 0.824. The number of carbonyl (C=O) groups excluding carboxylic acids is 1. The zero-order valence-electron chi connectivity index (χ0n) is 13.4. The molecular formula is C15H22N2O5S. The molecule has 0 radical (unpaired) electrons. The van der Waals surface area contributed by atoms with Crippen molar-refractivity contribution >= 4 is 15.9 Å². The Labute approximate surface area is 136 Å². The minimum absolute atomic E-state index is 0.0299. The highest BCUT2D eigenvalue weighted by molar-refractivity contribution is 7.89. The summed E-state index contributed by atoms with van der Waals surface area (Å²) in [4.78, 5) is 14.0. The number of sulfonamides is 1. The molecule has 0 spiro atoms. The number of nitrogens with zero attached hydrogens (tertiary/aromatic N) is 2. The van der Waals surface area contributed by atoms with E-state index in [-0.39, 0.29) is 30.5 Å². The molecule has 0 unspecified atom stereocenters. The van der Waals surface area contributed by atoms with Crippen LogP contribution in [0.5, 0.6) is 5.75 Å². The molecule has 7 nitrogen and oxygen atoms in total. The first-order valence-corrected chi connectivity index (χ1v) is 8.90. The fourth-order valence-corrected chi connectivity index (χ4v) is 3.80. The summed E-state index contributed by atoms with van der Waals surface area (Å²) in [6.45, 7) is 1.90. The van der Waals surface area contributed by atoms with Crippen molar-refractivity contribution in [1.29, 1.82) is 0 Å². The van der Waals surface area contributed by atoms with E-state index in [1.807, 2.05) is 0 Å². The minimum atomic E-state index is -3.45. The van der Waals surface area contributed by atoms with Gasteiger partial charge in [0.15, 0.2) is 0 Å². The van der Waals surface area contributed by atoms with Crippen LogP contribution in [0.4, 0.5) is 0 Å². The number of aromatic hydroxyl groups is 1. The molecule has 1 saturated heterocycles. The summed E-state index contributed by atoms with van der Waals surface area (Å²) < 4.78 is 25.0. The summed E-state index contributed by atoms with van der Waals surface area (Å²) >= 11 is 0. The second-order valence-electron chi connectivity index (χ2n) is 6.05. The van der Waals surface area contributed by atoms with Crippen molar-refractivity contribution in [2.24, 2.45) is 5.92 Å². The summed E-state index contributed by atoms with van der Waals surface area (Å²) in [5, 5.41) is 19.8.